The van der Waals surface area contributed by atoms with Crippen LogP contribution in [0.25, 0.3) is 0 Å². The van der Waals surface area contributed by atoms with Crippen LogP contribution >= 0.6 is 31.9 Å². The fourth-order valence-corrected chi connectivity index (χ4v) is 6.62. The van der Waals surface area contributed by atoms with E-state index >= 15 is 0 Å². The number of nitriles is 1. The lowest BCUT2D eigenvalue weighted by atomic mass is 9.96. The van der Waals surface area contributed by atoms with Gasteiger partial charge in [0.15, 0.2) is 6.19 Å². The molecule has 0 spiro atoms. The lowest BCUT2D eigenvalue weighted by Gasteiger charge is -2.23. The molecule has 1 saturated carbocycles. The number of alkyl carbamates (subject to hydrolysis) is 1. The average Bonchev–Trinajstić information content (AvgIpc) is 3.10. The van der Waals surface area contributed by atoms with Gasteiger partial charge in [-0.25, -0.2) is 17.9 Å². The Morgan fingerprint density at radius 3 is 2.67 bits per heavy atom. The van der Waals surface area contributed by atoms with Crippen LogP contribution in [0.4, 0.5) is 4.79 Å². The Kier molecular flexibility index (Phi) is 8.01. The summed E-state index contributed by atoms with van der Waals surface area (Å²) in [7, 11) is -3.79. The molecule has 1 aromatic rings. The zero-order valence-electron chi connectivity index (χ0n) is 16.3. The lowest BCUT2D eigenvalue weighted by Crippen LogP contribution is -2.39. The van der Waals surface area contributed by atoms with Crippen molar-refractivity contribution in [2.24, 2.45) is 0 Å². The number of carbonyl (C=O) groups excluding carboxylic acids is 1. The van der Waals surface area contributed by atoms with Crippen molar-refractivity contribution < 1.29 is 17.9 Å². The maximum atomic E-state index is 12.8. The molecular formula is C19H24Br2N4O4S. The topological polar surface area (TPSA) is 112 Å². The standard InChI is InChI=1S/C19H24Br2N4O4S/c20-13-6-7-17(21)18(8-13)30(27,28)24-15-9-16(25(10-15)12-22)11-29-19(26)23-14-4-2-1-3-5-14/h6-8,14-16,24H,1-5,9-11H2,(H,23,26)/t15-,16-/m1/s1. The maximum Gasteiger partial charge on any atom is 0.407 e. The number of likely N-dealkylation sites (tertiary alicyclic amines) is 1. The van der Waals surface area contributed by atoms with Gasteiger partial charge in [-0.05, 0) is 53.4 Å². The summed E-state index contributed by atoms with van der Waals surface area (Å²) in [5.74, 6) is 0. The third kappa shape index (κ3) is 6.09. The Balaban J connectivity index is 1.55. The van der Waals surface area contributed by atoms with Gasteiger partial charge in [-0.15, -0.1) is 0 Å². The molecular weight excluding hydrogens is 540 g/mol. The summed E-state index contributed by atoms with van der Waals surface area (Å²) in [6, 6.07) is 4.21. The van der Waals surface area contributed by atoms with E-state index in [2.05, 4.69) is 48.1 Å². The number of benzene rings is 1. The Morgan fingerprint density at radius 2 is 1.97 bits per heavy atom. The van der Waals surface area contributed by atoms with Gasteiger partial charge in [0, 0.05) is 27.6 Å². The molecule has 0 radical (unpaired) electrons. The van der Waals surface area contributed by atoms with Crippen molar-refractivity contribution in [2.45, 2.75) is 61.5 Å². The van der Waals surface area contributed by atoms with E-state index in [0.29, 0.717) is 15.4 Å². The molecule has 1 heterocycles. The number of carbonyl (C=O) groups is 1. The molecule has 2 N–H and O–H groups in total. The van der Waals surface area contributed by atoms with Crippen molar-refractivity contribution >= 4 is 48.0 Å². The largest absolute Gasteiger partial charge is 0.447 e. The molecule has 2 fully saturated rings. The molecule has 2 aliphatic rings. The number of sulfonamides is 1. The van der Waals surface area contributed by atoms with Crippen molar-refractivity contribution in [1.82, 2.24) is 14.9 Å². The van der Waals surface area contributed by atoms with Crippen LogP contribution in [-0.4, -0.2) is 50.7 Å². The molecule has 164 valence electrons. The molecule has 1 saturated heterocycles. The first kappa shape index (κ1) is 23.3. The van der Waals surface area contributed by atoms with E-state index in [0.717, 1.165) is 25.7 Å². The molecule has 11 heteroatoms. The second-order valence-corrected chi connectivity index (χ2v) is 11.1. The summed E-state index contributed by atoms with van der Waals surface area (Å²) in [5.41, 5.74) is 0. The quantitative estimate of drug-likeness (QED) is 0.513. The summed E-state index contributed by atoms with van der Waals surface area (Å²) < 4.78 is 34.7. The van der Waals surface area contributed by atoms with Crippen molar-refractivity contribution in [3.8, 4) is 6.19 Å². The summed E-state index contributed by atoms with van der Waals surface area (Å²) in [6.45, 7) is 0.255. The predicted octanol–water partition coefficient (Wildman–Crippen LogP) is 3.47. The fraction of sp³-hybridized carbons (Fsp3) is 0.579. The van der Waals surface area contributed by atoms with E-state index in [4.69, 9.17) is 4.74 Å². The van der Waals surface area contributed by atoms with Crippen LogP contribution in [-0.2, 0) is 14.8 Å². The van der Waals surface area contributed by atoms with Crippen LogP contribution < -0.4 is 10.0 Å². The molecule has 1 aromatic carbocycles. The summed E-state index contributed by atoms with van der Waals surface area (Å²) in [6.07, 6.45) is 7.26. The zero-order valence-corrected chi connectivity index (χ0v) is 20.3. The number of amides is 1. The highest BCUT2D eigenvalue weighted by molar-refractivity contribution is 9.11. The number of rotatable bonds is 6. The number of halogens is 2. The van der Waals surface area contributed by atoms with E-state index in [1.54, 1.807) is 12.1 Å². The predicted molar refractivity (Wildman–Crippen MR) is 118 cm³/mol. The van der Waals surface area contributed by atoms with Gasteiger partial charge in [0.25, 0.3) is 0 Å². The number of hydrogen-bond acceptors (Lipinski definition) is 6. The molecule has 1 aliphatic carbocycles. The van der Waals surface area contributed by atoms with Gasteiger partial charge >= 0.3 is 6.09 Å². The Labute approximate surface area is 193 Å². The smallest absolute Gasteiger partial charge is 0.407 e. The van der Waals surface area contributed by atoms with Gasteiger partial charge in [-0.3, -0.25) is 0 Å². The summed E-state index contributed by atoms with van der Waals surface area (Å²) in [4.78, 5) is 13.6. The van der Waals surface area contributed by atoms with E-state index in [1.165, 1.54) is 17.4 Å². The molecule has 30 heavy (non-hydrogen) atoms. The first-order valence-electron chi connectivity index (χ1n) is 9.85. The highest BCUT2D eigenvalue weighted by atomic mass is 79.9. The number of hydrogen-bond donors (Lipinski definition) is 2. The molecule has 1 amide bonds. The Morgan fingerprint density at radius 1 is 1.23 bits per heavy atom. The van der Waals surface area contributed by atoms with Crippen LogP contribution in [0.1, 0.15) is 38.5 Å². The Hall–Kier alpha value is -1.35. The minimum absolute atomic E-state index is 0.0327. The highest BCUT2D eigenvalue weighted by Gasteiger charge is 2.35. The van der Waals surface area contributed by atoms with Gasteiger partial charge in [0.05, 0.1) is 10.9 Å². The van der Waals surface area contributed by atoms with Crippen LogP contribution in [0.5, 0.6) is 0 Å². The van der Waals surface area contributed by atoms with Crippen molar-refractivity contribution in [3.63, 3.8) is 0 Å². The van der Waals surface area contributed by atoms with Crippen LogP contribution in [0, 0.1) is 11.5 Å². The molecule has 8 nitrogen and oxygen atoms in total. The maximum absolute atomic E-state index is 12.8. The molecule has 0 bridgehead atoms. The van der Waals surface area contributed by atoms with Gasteiger partial charge in [-0.1, -0.05) is 35.2 Å². The minimum Gasteiger partial charge on any atom is -0.447 e. The molecule has 0 unspecified atom stereocenters. The first-order valence-corrected chi connectivity index (χ1v) is 12.9. The lowest BCUT2D eigenvalue weighted by molar-refractivity contribution is 0.116. The summed E-state index contributed by atoms with van der Waals surface area (Å²) in [5, 5.41) is 12.3. The van der Waals surface area contributed by atoms with E-state index < -0.39 is 22.2 Å². The number of ether oxygens (including phenoxy) is 1. The summed E-state index contributed by atoms with van der Waals surface area (Å²) >= 11 is 6.55. The van der Waals surface area contributed by atoms with E-state index in [9.17, 15) is 18.5 Å². The van der Waals surface area contributed by atoms with Gasteiger partial charge in [0.1, 0.15) is 6.61 Å². The first-order chi connectivity index (χ1) is 14.3. The van der Waals surface area contributed by atoms with Crippen molar-refractivity contribution in [1.29, 1.82) is 5.26 Å². The normalized spacial score (nSPS) is 22.5. The third-order valence-electron chi connectivity index (χ3n) is 5.38. The Bertz CT molecular complexity index is 916. The minimum atomic E-state index is -3.79. The van der Waals surface area contributed by atoms with Gasteiger partial charge in [-0.2, -0.15) is 5.26 Å². The van der Waals surface area contributed by atoms with Gasteiger partial charge < -0.3 is 15.0 Å². The number of nitrogens with one attached hydrogen (secondary N) is 2. The highest BCUT2D eigenvalue weighted by Crippen LogP contribution is 2.27. The van der Waals surface area contributed by atoms with E-state index in [-0.39, 0.29) is 30.1 Å². The molecule has 0 aromatic heterocycles. The van der Waals surface area contributed by atoms with Gasteiger partial charge in [0.2, 0.25) is 10.0 Å². The second-order valence-electron chi connectivity index (χ2n) is 7.61. The monoisotopic (exact) mass is 562 g/mol. The third-order valence-corrected chi connectivity index (χ3v) is 8.39. The van der Waals surface area contributed by atoms with Crippen LogP contribution in [0.3, 0.4) is 0 Å². The second kappa shape index (κ2) is 10.3. The molecule has 3 rings (SSSR count). The van der Waals surface area contributed by atoms with Crippen molar-refractivity contribution in [2.75, 3.05) is 13.2 Å². The molecule has 2 atom stereocenters. The zero-order chi connectivity index (χ0) is 21.7. The van der Waals surface area contributed by atoms with Crippen molar-refractivity contribution in [3.05, 3.63) is 27.1 Å². The fourth-order valence-electron chi connectivity index (χ4n) is 3.88. The molecule has 1 aliphatic heterocycles. The van der Waals surface area contributed by atoms with Crippen LogP contribution in [0.2, 0.25) is 0 Å². The average molecular weight is 564 g/mol. The van der Waals surface area contributed by atoms with Crippen LogP contribution in [0.15, 0.2) is 32.0 Å². The number of nitrogens with zero attached hydrogens (tertiary/aromatic N) is 2. The van der Waals surface area contributed by atoms with E-state index in [1.807, 2.05) is 0 Å². The SMILES string of the molecule is N#CN1C[C@H](NS(=O)(=O)c2cc(Br)ccc2Br)C[C@@H]1COC(=O)NC1CCCCC1.